The van der Waals surface area contributed by atoms with Crippen molar-refractivity contribution in [2.24, 2.45) is 0 Å². The zero-order valence-electron chi connectivity index (χ0n) is 9.23. The van der Waals surface area contributed by atoms with Crippen molar-refractivity contribution in [2.45, 2.75) is 13.3 Å². The highest BCUT2D eigenvalue weighted by Gasteiger charge is 2.16. The second kappa shape index (κ2) is 4.84. The second-order valence-corrected chi connectivity index (χ2v) is 3.49. The van der Waals surface area contributed by atoms with Crippen molar-refractivity contribution in [1.82, 2.24) is 0 Å². The van der Waals surface area contributed by atoms with Gasteiger partial charge in [-0.05, 0) is 37.3 Å². The van der Waals surface area contributed by atoms with Gasteiger partial charge in [-0.25, -0.2) is 0 Å². The highest BCUT2D eigenvalue weighted by molar-refractivity contribution is 6.07. The number of ketones is 1. The van der Waals surface area contributed by atoms with Gasteiger partial charge in [-0.1, -0.05) is 0 Å². The van der Waals surface area contributed by atoms with Crippen molar-refractivity contribution >= 4 is 5.78 Å². The van der Waals surface area contributed by atoms with E-state index in [0.717, 1.165) is 12.2 Å². The Hall–Kier alpha value is -1.77. The van der Waals surface area contributed by atoms with Crippen LogP contribution in [0, 0.1) is 0 Å². The molecule has 0 saturated heterocycles. The molecular formula is C13H14O3. The van der Waals surface area contributed by atoms with Crippen LogP contribution in [-0.4, -0.2) is 19.0 Å². The van der Waals surface area contributed by atoms with Crippen molar-refractivity contribution in [2.75, 3.05) is 13.2 Å². The monoisotopic (exact) mass is 218 g/mol. The fourth-order valence-electron chi connectivity index (χ4n) is 1.59. The van der Waals surface area contributed by atoms with Gasteiger partial charge in [0.25, 0.3) is 0 Å². The Kier molecular flexibility index (Phi) is 3.25. The molecular weight excluding hydrogens is 204 g/mol. The molecule has 1 aliphatic rings. The van der Waals surface area contributed by atoms with Crippen molar-refractivity contribution in [3.8, 4) is 5.75 Å². The molecule has 0 atom stereocenters. The third-order valence-electron chi connectivity index (χ3n) is 2.36. The molecule has 3 nitrogen and oxygen atoms in total. The molecule has 0 N–H and O–H groups in total. The molecule has 16 heavy (non-hydrogen) atoms. The van der Waals surface area contributed by atoms with E-state index in [1.54, 1.807) is 24.3 Å². The van der Waals surface area contributed by atoms with E-state index >= 15 is 0 Å². The minimum atomic E-state index is -0.0550. The molecule has 0 saturated carbocycles. The summed E-state index contributed by atoms with van der Waals surface area (Å²) >= 11 is 0. The molecule has 1 heterocycles. The summed E-state index contributed by atoms with van der Waals surface area (Å²) in [5.74, 6) is 1.19. The van der Waals surface area contributed by atoms with Gasteiger partial charge in [-0.15, -0.1) is 0 Å². The summed E-state index contributed by atoms with van der Waals surface area (Å²) in [6.45, 7) is 3.16. The minimum Gasteiger partial charge on any atom is -0.494 e. The van der Waals surface area contributed by atoms with Gasteiger partial charge < -0.3 is 9.47 Å². The molecule has 1 aromatic rings. The highest BCUT2D eigenvalue weighted by Crippen LogP contribution is 2.18. The number of rotatable bonds is 4. The number of Topliss-reactive ketones (excluding diaryl/α,β-unsaturated/α-hetero) is 1. The summed E-state index contributed by atoms with van der Waals surface area (Å²) in [6.07, 6.45) is 2.65. The largest absolute Gasteiger partial charge is 0.494 e. The summed E-state index contributed by atoms with van der Waals surface area (Å²) in [6, 6.07) is 7.12. The molecule has 3 heteroatoms. The molecule has 0 fully saturated rings. The van der Waals surface area contributed by atoms with E-state index in [4.69, 9.17) is 9.47 Å². The Labute approximate surface area is 94.7 Å². The predicted octanol–water partition coefficient (Wildman–Crippen LogP) is 2.57. The fraction of sp³-hybridized carbons (Fsp3) is 0.308. The third kappa shape index (κ3) is 2.24. The molecule has 1 aliphatic heterocycles. The maximum atomic E-state index is 11.9. The minimum absolute atomic E-state index is 0.0550. The number of carbonyl (C=O) groups is 1. The number of allylic oxidation sites excluding steroid dienone is 1. The zero-order chi connectivity index (χ0) is 11.4. The Morgan fingerprint density at radius 2 is 2.12 bits per heavy atom. The first-order chi connectivity index (χ1) is 7.81. The number of hydrogen-bond donors (Lipinski definition) is 0. The maximum absolute atomic E-state index is 11.9. The van der Waals surface area contributed by atoms with Crippen LogP contribution >= 0.6 is 0 Å². The highest BCUT2D eigenvalue weighted by atomic mass is 16.5. The number of hydrogen-bond acceptors (Lipinski definition) is 3. The lowest BCUT2D eigenvalue weighted by atomic mass is 10.1. The van der Waals surface area contributed by atoms with Crippen molar-refractivity contribution < 1.29 is 14.3 Å². The predicted molar refractivity (Wildman–Crippen MR) is 60.6 cm³/mol. The molecule has 0 amide bonds. The number of ether oxygens (including phenoxy) is 2. The summed E-state index contributed by atoms with van der Waals surface area (Å²) in [7, 11) is 0. The lowest BCUT2D eigenvalue weighted by Crippen LogP contribution is -2.03. The molecule has 84 valence electrons. The van der Waals surface area contributed by atoms with Gasteiger partial charge in [-0.3, -0.25) is 4.79 Å². The van der Waals surface area contributed by atoms with Crippen molar-refractivity contribution in [1.29, 1.82) is 0 Å². The number of carbonyl (C=O) groups excluding carboxylic acids is 1. The fourth-order valence-corrected chi connectivity index (χ4v) is 1.59. The van der Waals surface area contributed by atoms with E-state index in [0.29, 0.717) is 24.5 Å². The van der Waals surface area contributed by atoms with Gasteiger partial charge >= 0.3 is 0 Å². The topological polar surface area (TPSA) is 35.5 Å². The Balaban J connectivity index is 2.12. The molecule has 0 unspecified atom stereocenters. The van der Waals surface area contributed by atoms with E-state index in [2.05, 4.69) is 0 Å². The standard InChI is InChI=1S/C13H14O3/c1-2-15-11-7-5-10(6-8-11)13(14)12-4-3-9-16-12/h4-8H,2-3,9H2,1H3. The van der Waals surface area contributed by atoms with Crippen LogP contribution in [0.15, 0.2) is 36.1 Å². The second-order valence-electron chi connectivity index (χ2n) is 3.49. The van der Waals surface area contributed by atoms with E-state index in [1.165, 1.54) is 0 Å². The Morgan fingerprint density at radius 1 is 1.38 bits per heavy atom. The van der Waals surface area contributed by atoms with Crippen LogP contribution in [0.1, 0.15) is 23.7 Å². The molecule has 0 radical (unpaired) electrons. The van der Waals surface area contributed by atoms with Gasteiger partial charge in [-0.2, -0.15) is 0 Å². The van der Waals surface area contributed by atoms with Crippen LogP contribution in [-0.2, 0) is 4.74 Å². The van der Waals surface area contributed by atoms with E-state index in [1.807, 2.05) is 13.0 Å². The lowest BCUT2D eigenvalue weighted by molar-refractivity contribution is 0.0942. The SMILES string of the molecule is CCOc1ccc(C(=O)C2=CCCO2)cc1. The molecule has 1 aromatic carbocycles. The van der Waals surface area contributed by atoms with Crippen molar-refractivity contribution in [3.63, 3.8) is 0 Å². The molecule has 0 aliphatic carbocycles. The van der Waals surface area contributed by atoms with Crippen molar-refractivity contribution in [3.05, 3.63) is 41.7 Å². The van der Waals surface area contributed by atoms with Crippen LogP contribution in [0.3, 0.4) is 0 Å². The maximum Gasteiger partial charge on any atom is 0.227 e. The first-order valence-electron chi connectivity index (χ1n) is 5.42. The summed E-state index contributed by atoms with van der Waals surface area (Å²) in [4.78, 5) is 11.9. The molecule has 0 aromatic heterocycles. The van der Waals surface area contributed by atoms with Crippen LogP contribution in [0.4, 0.5) is 0 Å². The molecule has 0 bridgehead atoms. The third-order valence-corrected chi connectivity index (χ3v) is 2.36. The van der Waals surface area contributed by atoms with Gasteiger partial charge in [0.15, 0.2) is 5.76 Å². The van der Waals surface area contributed by atoms with Gasteiger partial charge in [0.2, 0.25) is 5.78 Å². The van der Waals surface area contributed by atoms with Gasteiger partial charge in [0, 0.05) is 12.0 Å². The van der Waals surface area contributed by atoms with Crippen LogP contribution in [0.5, 0.6) is 5.75 Å². The smallest absolute Gasteiger partial charge is 0.227 e. The lowest BCUT2D eigenvalue weighted by Gasteiger charge is -2.05. The van der Waals surface area contributed by atoms with Gasteiger partial charge in [0.1, 0.15) is 5.75 Å². The molecule has 2 rings (SSSR count). The average molecular weight is 218 g/mol. The summed E-state index contributed by atoms with van der Waals surface area (Å²) < 4.78 is 10.5. The zero-order valence-corrected chi connectivity index (χ0v) is 9.23. The van der Waals surface area contributed by atoms with E-state index in [-0.39, 0.29) is 5.78 Å². The quantitative estimate of drug-likeness (QED) is 0.728. The molecule has 0 spiro atoms. The number of benzene rings is 1. The average Bonchev–Trinajstić information content (AvgIpc) is 2.83. The first kappa shape index (κ1) is 10.7. The first-order valence-corrected chi connectivity index (χ1v) is 5.42. The summed E-state index contributed by atoms with van der Waals surface area (Å²) in [5, 5.41) is 0. The van der Waals surface area contributed by atoms with E-state index < -0.39 is 0 Å². The van der Waals surface area contributed by atoms with Crippen LogP contribution in [0.2, 0.25) is 0 Å². The Bertz CT molecular complexity index is 404. The van der Waals surface area contributed by atoms with Crippen LogP contribution in [0.25, 0.3) is 0 Å². The van der Waals surface area contributed by atoms with Crippen LogP contribution < -0.4 is 4.74 Å². The van der Waals surface area contributed by atoms with E-state index in [9.17, 15) is 4.79 Å². The normalized spacial score (nSPS) is 14.2. The van der Waals surface area contributed by atoms with Gasteiger partial charge in [0.05, 0.1) is 13.2 Å². The Morgan fingerprint density at radius 3 is 2.69 bits per heavy atom. The summed E-state index contributed by atoms with van der Waals surface area (Å²) in [5.41, 5.74) is 0.636.